The summed E-state index contributed by atoms with van der Waals surface area (Å²) in [6.45, 7) is 4.51. The highest BCUT2D eigenvalue weighted by molar-refractivity contribution is 5.84. The van der Waals surface area contributed by atoms with Crippen LogP contribution < -0.4 is 5.73 Å². The summed E-state index contributed by atoms with van der Waals surface area (Å²) in [6, 6.07) is 0. The van der Waals surface area contributed by atoms with Crippen molar-refractivity contribution < 1.29 is 14.3 Å². The van der Waals surface area contributed by atoms with Gasteiger partial charge in [-0.25, -0.2) is 0 Å². The van der Waals surface area contributed by atoms with Crippen molar-refractivity contribution in [3.05, 3.63) is 0 Å². The predicted octanol–water partition coefficient (Wildman–Crippen LogP) is -0.643. The Hall–Kier alpha value is -1.10. The lowest BCUT2D eigenvalue weighted by atomic mass is 10.4. The maximum atomic E-state index is 11.3. The van der Waals surface area contributed by atoms with Crippen molar-refractivity contribution >= 4 is 11.8 Å². The Morgan fingerprint density at radius 2 is 2.00 bits per heavy atom. The third-order valence-electron chi connectivity index (χ3n) is 1.51. The summed E-state index contributed by atoms with van der Waals surface area (Å²) in [5, 5.41) is 0. The molecule has 0 unspecified atom stereocenters. The number of amides is 2. The molecule has 0 rings (SSSR count). The van der Waals surface area contributed by atoms with E-state index < -0.39 is 5.91 Å². The molecule has 0 saturated carbocycles. The normalized spacial score (nSPS) is 9.69. The van der Waals surface area contributed by atoms with Crippen molar-refractivity contribution in [3.63, 3.8) is 0 Å². The number of carbonyl (C=O) groups excluding carboxylic acids is 2. The van der Waals surface area contributed by atoms with Gasteiger partial charge in [0.15, 0.2) is 0 Å². The molecule has 5 heteroatoms. The van der Waals surface area contributed by atoms with Crippen LogP contribution in [0.2, 0.25) is 0 Å². The molecule has 0 fully saturated rings. The summed E-state index contributed by atoms with van der Waals surface area (Å²) in [4.78, 5) is 23.2. The fourth-order valence-corrected chi connectivity index (χ4v) is 0.845. The number of hydrogen-bond acceptors (Lipinski definition) is 3. The zero-order valence-electron chi connectivity index (χ0n) is 8.08. The second kappa shape index (κ2) is 6.42. The molecule has 0 aromatic carbocycles. The fourth-order valence-electron chi connectivity index (χ4n) is 0.845. The second-order valence-corrected chi connectivity index (χ2v) is 2.51. The summed E-state index contributed by atoms with van der Waals surface area (Å²) in [7, 11) is 0. The Kier molecular flexibility index (Phi) is 5.88. The zero-order valence-corrected chi connectivity index (χ0v) is 8.08. The van der Waals surface area contributed by atoms with E-state index in [0.29, 0.717) is 13.2 Å². The molecule has 0 heterocycles. The molecule has 0 aliphatic carbocycles. The predicted molar refractivity (Wildman–Crippen MR) is 47.9 cm³/mol. The van der Waals surface area contributed by atoms with Gasteiger partial charge in [0.05, 0.1) is 6.54 Å². The molecule has 13 heavy (non-hydrogen) atoms. The number of hydrogen-bond donors (Lipinski definition) is 1. The van der Waals surface area contributed by atoms with E-state index in [1.807, 2.05) is 0 Å². The van der Waals surface area contributed by atoms with Crippen LogP contribution in [-0.2, 0) is 14.3 Å². The smallest absolute Gasteiger partial charge is 0.249 e. The van der Waals surface area contributed by atoms with Gasteiger partial charge in [0.25, 0.3) is 0 Å². The minimum atomic E-state index is -0.508. The number of nitrogens with two attached hydrogens (primary N) is 1. The summed E-state index contributed by atoms with van der Waals surface area (Å²) in [5.74, 6) is -0.713. The zero-order chi connectivity index (χ0) is 10.3. The minimum Gasteiger partial charge on any atom is -0.372 e. The molecule has 0 aliphatic rings. The molecule has 0 saturated heterocycles. The molecular formula is C8H16N2O3. The molecule has 0 atom stereocenters. The van der Waals surface area contributed by atoms with E-state index in [1.165, 1.54) is 4.90 Å². The topological polar surface area (TPSA) is 72.6 Å². The van der Waals surface area contributed by atoms with Gasteiger partial charge in [-0.2, -0.15) is 0 Å². The van der Waals surface area contributed by atoms with Crippen LogP contribution in [0.4, 0.5) is 0 Å². The number of likely N-dealkylation sites (N-methyl/N-ethyl adjacent to an activating group) is 1. The van der Waals surface area contributed by atoms with Crippen molar-refractivity contribution in [3.8, 4) is 0 Å². The first-order valence-electron chi connectivity index (χ1n) is 4.25. The van der Waals surface area contributed by atoms with Gasteiger partial charge in [-0.15, -0.1) is 0 Å². The van der Waals surface area contributed by atoms with E-state index in [1.54, 1.807) is 13.8 Å². The highest BCUT2D eigenvalue weighted by Crippen LogP contribution is 1.89. The molecule has 0 aromatic heterocycles. The summed E-state index contributed by atoms with van der Waals surface area (Å²) in [6.07, 6.45) is 0. The van der Waals surface area contributed by atoms with Crippen LogP contribution in [0.5, 0.6) is 0 Å². The molecule has 0 bridgehead atoms. The molecule has 0 aliphatic heterocycles. The van der Waals surface area contributed by atoms with Crippen LogP contribution in [0.3, 0.4) is 0 Å². The third-order valence-corrected chi connectivity index (χ3v) is 1.51. The van der Waals surface area contributed by atoms with Crippen LogP contribution >= 0.6 is 0 Å². The number of ether oxygens (including phenoxy) is 1. The van der Waals surface area contributed by atoms with Crippen LogP contribution in [0, 0.1) is 0 Å². The molecule has 5 nitrogen and oxygen atoms in total. The Balaban J connectivity index is 3.92. The SMILES string of the molecule is CCOCC(=O)N(CC)CC(N)=O. The van der Waals surface area contributed by atoms with Crippen LogP contribution in [-0.4, -0.2) is 43.0 Å². The van der Waals surface area contributed by atoms with Crippen molar-refractivity contribution in [1.82, 2.24) is 4.90 Å². The highest BCUT2D eigenvalue weighted by atomic mass is 16.5. The second-order valence-electron chi connectivity index (χ2n) is 2.51. The van der Waals surface area contributed by atoms with Crippen LogP contribution in [0.15, 0.2) is 0 Å². The van der Waals surface area contributed by atoms with E-state index in [4.69, 9.17) is 10.5 Å². The van der Waals surface area contributed by atoms with Gasteiger partial charge in [0.2, 0.25) is 11.8 Å². The third kappa shape index (κ3) is 5.19. The van der Waals surface area contributed by atoms with Crippen molar-refractivity contribution in [2.24, 2.45) is 5.73 Å². The molecule has 2 N–H and O–H groups in total. The quantitative estimate of drug-likeness (QED) is 0.602. The summed E-state index contributed by atoms with van der Waals surface area (Å²) in [5.41, 5.74) is 4.96. The first kappa shape index (κ1) is 11.9. The first-order valence-corrected chi connectivity index (χ1v) is 4.25. The average Bonchev–Trinajstić information content (AvgIpc) is 2.09. The lowest BCUT2D eigenvalue weighted by Gasteiger charge is -2.18. The molecule has 76 valence electrons. The van der Waals surface area contributed by atoms with Gasteiger partial charge in [0, 0.05) is 13.2 Å². The fraction of sp³-hybridized carbons (Fsp3) is 0.750. The monoisotopic (exact) mass is 188 g/mol. The lowest BCUT2D eigenvalue weighted by Crippen LogP contribution is -2.40. The van der Waals surface area contributed by atoms with E-state index in [0.717, 1.165) is 0 Å². The standard InChI is InChI=1S/C8H16N2O3/c1-3-10(5-7(9)11)8(12)6-13-4-2/h3-6H2,1-2H3,(H2,9,11). The maximum absolute atomic E-state index is 11.3. The van der Waals surface area contributed by atoms with Crippen molar-refractivity contribution in [2.75, 3.05) is 26.3 Å². The van der Waals surface area contributed by atoms with Gasteiger partial charge < -0.3 is 15.4 Å². The van der Waals surface area contributed by atoms with Crippen LogP contribution in [0.25, 0.3) is 0 Å². The van der Waals surface area contributed by atoms with E-state index >= 15 is 0 Å². The van der Waals surface area contributed by atoms with Gasteiger partial charge in [-0.1, -0.05) is 0 Å². The first-order chi connectivity index (χ1) is 6.11. The van der Waals surface area contributed by atoms with E-state index in [-0.39, 0.29) is 19.1 Å². The minimum absolute atomic E-state index is 0.0115. The van der Waals surface area contributed by atoms with Crippen molar-refractivity contribution in [1.29, 1.82) is 0 Å². The summed E-state index contributed by atoms with van der Waals surface area (Å²) >= 11 is 0. The Labute approximate surface area is 77.8 Å². The molecule has 0 aromatic rings. The van der Waals surface area contributed by atoms with Gasteiger partial charge >= 0.3 is 0 Å². The van der Waals surface area contributed by atoms with Gasteiger partial charge in [-0.05, 0) is 13.8 Å². The largest absolute Gasteiger partial charge is 0.372 e. The number of nitrogens with zero attached hydrogens (tertiary/aromatic N) is 1. The molecule has 0 radical (unpaired) electrons. The Morgan fingerprint density at radius 1 is 1.38 bits per heavy atom. The summed E-state index contributed by atoms with van der Waals surface area (Å²) < 4.78 is 4.92. The Morgan fingerprint density at radius 3 is 2.38 bits per heavy atom. The lowest BCUT2D eigenvalue weighted by molar-refractivity contribution is -0.138. The van der Waals surface area contributed by atoms with E-state index in [9.17, 15) is 9.59 Å². The molecule has 0 spiro atoms. The Bertz CT molecular complexity index is 182. The number of primary amides is 1. The molecular weight excluding hydrogens is 172 g/mol. The number of carbonyl (C=O) groups is 2. The average molecular weight is 188 g/mol. The van der Waals surface area contributed by atoms with E-state index in [2.05, 4.69) is 0 Å². The maximum Gasteiger partial charge on any atom is 0.249 e. The number of rotatable bonds is 6. The molecule has 2 amide bonds. The van der Waals surface area contributed by atoms with Gasteiger partial charge in [0.1, 0.15) is 6.61 Å². The van der Waals surface area contributed by atoms with Gasteiger partial charge in [-0.3, -0.25) is 9.59 Å². The van der Waals surface area contributed by atoms with Crippen molar-refractivity contribution in [2.45, 2.75) is 13.8 Å². The van der Waals surface area contributed by atoms with Crippen LogP contribution in [0.1, 0.15) is 13.8 Å². The highest BCUT2D eigenvalue weighted by Gasteiger charge is 2.12.